The van der Waals surface area contributed by atoms with Gasteiger partial charge in [-0.25, -0.2) is 9.97 Å². The van der Waals surface area contributed by atoms with Gasteiger partial charge in [-0.05, 0) is 36.1 Å². The lowest BCUT2D eigenvalue weighted by molar-refractivity contribution is 0.0659. The summed E-state index contributed by atoms with van der Waals surface area (Å²) in [6.07, 6.45) is 5.67. The molecule has 1 fully saturated rings. The number of nitrogens with zero attached hydrogens (tertiary/aromatic N) is 3. The average molecular weight is 401 g/mol. The van der Waals surface area contributed by atoms with Gasteiger partial charge in [-0.1, -0.05) is 36.4 Å². The topological polar surface area (TPSA) is 64.6 Å². The van der Waals surface area contributed by atoms with E-state index in [0.29, 0.717) is 36.8 Å². The van der Waals surface area contributed by atoms with Gasteiger partial charge < -0.3 is 14.4 Å². The molecule has 152 valence electrons. The van der Waals surface area contributed by atoms with Crippen molar-refractivity contribution in [3.63, 3.8) is 0 Å². The molecule has 1 saturated heterocycles. The Bertz CT molecular complexity index is 1030. The first-order valence-corrected chi connectivity index (χ1v) is 10.3. The van der Waals surface area contributed by atoms with Gasteiger partial charge in [0.05, 0.1) is 11.7 Å². The lowest BCUT2D eigenvalue weighted by atomic mass is 10.1. The van der Waals surface area contributed by atoms with Crippen molar-refractivity contribution in [1.82, 2.24) is 14.9 Å². The van der Waals surface area contributed by atoms with Crippen molar-refractivity contribution in [2.75, 3.05) is 13.2 Å². The Morgan fingerprint density at radius 3 is 2.67 bits per heavy atom. The van der Waals surface area contributed by atoms with Crippen molar-refractivity contribution in [3.8, 4) is 17.1 Å². The van der Waals surface area contributed by atoms with Crippen LogP contribution >= 0.6 is 0 Å². The van der Waals surface area contributed by atoms with E-state index in [2.05, 4.69) is 9.97 Å². The Morgan fingerprint density at radius 1 is 1.07 bits per heavy atom. The Balaban J connectivity index is 1.28. The third-order valence-corrected chi connectivity index (χ3v) is 5.57. The molecule has 2 aromatic carbocycles. The van der Waals surface area contributed by atoms with Crippen molar-refractivity contribution in [2.24, 2.45) is 0 Å². The number of carbonyl (C=O) groups is 1. The normalized spacial score (nSPS) is 17.9. The molecule has 5 rings (SSSR count). The molecule has 1 aromatic heterocycles. The predicted octanol–water partition coefficient (Wildman–Crippen LogP) is 3.86. The summed E-state index contributed by atoms with van der Waals surface area (Å²) in [5, 5.41) is 0. The Hall–Kier alpha value is -3.25. The molecule has 3 aromatic rings. The lowest BCUT2D eigenvalue weighted by Gasteiger charge is -2.16. The van der Waals surface area contributed by atoms with Gasteiger partial charge in [0.1, 0.15) is 12.4 Å². The molecule has 6 heteroatoms. The summed E-state index contributed by atoms with van der Waals surface area (Å²) in [7, 11) is 0. The zero-order valence-electron chi connectivity index (χ0n) is 16.7. The molecule has 0 radical (unpaired) electrons. The quantitative estimate of drug-likeness (QED) is 0.628. The van der Waals surface area contributed by atoms with Gasteiger partial charge in [0.2, 0.25) is 0 Å². The second-order valence-electron chi connectivity index (χ2n) is 7.67. The molecule has 6 nitrogen and oxygen atoms in total. The first-order valence-electron chi connectivity index (χ1n) is 10.3. The maximum absolute atomic E-state index is 13.1. The van der Waals surface area contributed by atoms with E-state index < -0.39 is 0 Å². The largest absolute Gasteiger partial charge is 0.490 e. The minimum absolute atomic E-state index is 0.0170. The molecule has 1 atom stereocenters. The number of benzene rings is 2. The average Bonchev–Trinajstić information content (AvgIpc) is 3.42. The summed E-state index contributed by atoms with van der Waals surface area (Å²) in [6, 6.07) is 15.7. The molecule has 1 unspecified atom stereocenters. The van der Waals surface area contributed by atoms with Gasteiger partial charge in [-0.15, -0.1) is 0 Å². The van der Waals surface area contributed by atoms with Crippen LogP contribution in [0.4, 0.5) is 0 Å². The number of hydrogen-bond donors (Lipinski definition) is 0. The molecule has 30 heavy (non-hydrogen) atoms. The third-order valence-electron chi connectivity index (χ3n) is 5.57. The molecule has 2 aliphatic rings. The van der Waals surface area contributed by atoms with Crippen molar-refractivity contribution in [2.45, 2.75) is 32.0 Å². The van der Waals surface area contributed by atoms with E-state index in [-0.39, 0.29) is 12.0 Å². The molecular formula is C24H23N3O3. The highest BCUT2D eigenvalue weighted by Crippen LogP contribution is 2.32. The first kappa shape index (κ1) is 18.8. The van der Waals surface area contributed by atoms with Crippen LogP contribution in [0.2, 0.25) is 0 Å². The minimum atomic E-state index is 0.0170. The van der Waals surface area contributed by atoms with Crippen molar-refractivity contribution < 1.29 is 14.3 Å². The first-order chi connectivity index (χ1) is 14.8. The van der Waals surface area contributed by atoms with E-state index in [9.17, 15) is 4.79 Å². The van der Waals surface area contributed by atoms with E-state index in [1.165, 1.54) is 0 Å². The van der Waals surface area contributed by atoms with Crippen LogP contribution in [0.3, 0.4) is 0 Å². The minimum Gasteiger partial charge on any atom is -0.490 e. The van der Waals surface area contributed by atoms with Gasteiger partial charge in [-0.3, -0.25) is 4.79 Å². The van der Waals surface area contributed by atoms with E-state index >= 15 is 0 Å². The highest BCUT2D eigenvalue weighted by molar-refractivity contribution is 6.01. The standard InChI is InChI=1S/C24H23N3O3/c28-24-22-19(4-1-6-21(22)30-16-20-5-2-13-29-20)15-27(24)14-17-7-9-18(10-8-17)23-25-11-3-12-26-23/h1,3-4,6-12,20H,2,5,13-16H2. The van der Waals surface area contributed by atoms with Crippen LogP contribution in [0, 0.1) is 0 Å². The number of ether oxygens (including phenoxy) is 2. The molecule has 2 aliphatic heterocycles. The van der Waals surface area contributed by atoms with Crippen LogP contribution in [0.15, 0.2) is 60.9 Å². The number of rotatable bonds is 6. The molecule has 0 bridgehead atoms. The SMILES string of the molecule is O=C1c2c(cccc2OCC2CCCO2)CN1Cc1ccc(-c2ncccn2)cc1. The molecule has 0 aliphatic carbocycles. The highest BCUT2D eigenvalue weighted by Gasteiger charge is 2.31. The second-order valence-corrected chi connectivity index (χ2v) is 7.67. The molecule has 0 spiro atoms. The number of carbonyl (C=O) groups excluding carboxylic acids is 1. The molecule has 3 heterocycles. The van der Waals surface area contributed by atoms with Gasteiger partial charge in [-0.2, -0.15) is 0 Å². The summed E-state index contributed by atoms with van der Waals surface area (Å²) in [5.41, 5.74) is 3.72. The van der Waals surface area contributed by atoms with Crippen LogP contribution in [0.25, 0.3) is 11.4 Å². The number of hydrogen-bond acceptors (Lipinski definition) is 5. The summed E-state index contributed by atoms with van der Waals surface area (Å²) in [5.74, 6) is 1.37. The fourth-order valence-electron chi connectivity index (χ4n) is 4.02. The predicted molar refractivity (Wildman–Crippen MR) is 112 cm³/mol. The highest BCUT2D eigenvalue weighted by atomic mass is 16.5. The molecule has 0 N–H and O–H groups in total. The van der Waals surface area contributed by atoms with E-state index in [0.717, 1.165) is 36.1 Å². The lowest BCUT2D eigenvalue weighted by Crippen LogP contribution is -2.24. The monoisotopic (exact) mass is 401 g/mol. The van der Waals surface area contributed by atoms with E-state index in [1.54, 1.807) is 18.5 Å². The van der Waals surface area contributed by atoms with Crippen molar-refractivity contribution in [3.05, 3.63) is 77.6 Å². The molecular weight excluding hydrogens is 378 g/mol. The Kier molecular flexibility index (Phi) is 5.15. The summed E-state index contributed by atoms with van der Waals surface area (Å²) >= 11 is 0. The Labute approximate surface area is 175 Å². The van der Waals surface area contributed by atoms with Gasteiger partial charge >= 0.3 is 0 Å². The zero-order valence-corrected chi connectivity index (χ0v) is 16.7. The van der Waals surface area contributed by atoms with Crippen molar-refractivity contribution >= 4 is 5.91 Å². The van der Waals surface area contributed by atoms with Gasteiger partial charge in [0.25, 0.3) is 5.91 Å². The summed E-state index contributed by atoms with van der Waals surface area (Å²) in [6.45, 7) is 2.43. The fourth-order valence-corrected chi connectivity index (χ4v) is 4.02. The smallest absolute Gasteiger partial charge is 0.258 e. The van der Waals surface area contributed by atoms with E-state index in [1.807, 2.05) is 47.4 Å². The number of amides is 1. The Morgan fingerprint density at radius 2 is 1.90 bits per heavy atom. The van der Waals surface area contributed by atoms with Crippen molar-refractivity contribution in [1.29, 1.82) is 0 Å². The maximum Gasteiger partial charge on any atom is 0.258 e. The molecule has 0 saturated carbocycles. The number of fused-ring (bicyclic) bond motifs is 1. The molecule has 1 amide bonds. The van der Waals surface area contributed by atoms with Gasteiger partial charge in [0, 0.05) is 37.7 Å². The third kappa shape index (κ3) is 3.78. The maximum atomic E-state index is 13.1. The fraction of sp³-hybridized carbons (Fsp3) is 0.292. The summed E-state index contributed by atoms with van der Waals surface area (Å²) < 4.78 is 11.6. The van der Waals surface area contributed by atoms with Crippen LogP contribution in [-0.2, 0) is 17.8 Å². The van der Waals surface area contributed by atoms with Crippen LogP contribution in [0.1, 0.15) is 34.3 Å². The van der Waals surface area contributed by atoms with Gasteiger partial charge in [0.15, 0.2) is 5.82 Å². The number of aromatic nitrogens is 2. The summed E-state index contributed by atoms with van der Waals surface area (Å²) in [4.78, 5) is 23.5. The van der Waals surface area contributed by atoms with Crippen LogP contribution in [-0.4, -0.2) is 40.1 Å². The van der Waals surface area contributed by atoms with Crippen LogP contribution < -0.4 is 4.74 Å². The van der Waals surface area contributed by atoms with E-state index in [4.69, 9.17) is 9.47 Å². The van der Waals surface area contributed by atoms with Crippen LogP contribution in [0.5, 0.6) is 5.75 Å². The second kappa shape index (κ2) is 8.24. The zero-order chi connectivity index (χ0) is 20.3.